The molecule has 8 N–H and O–H groups in total. The minimum Gasteiger partial charge on any atom is -0.510 e. The average Bonchev–Trinajstić information content (AvgIpc) is 2.89. The van der Waals surface area contributed by atoms with Crippen molar-refractivity contribution in [2.45, 2.75) is 57.1 Å². The number of allylic oxidation sites excluding steroid dienone is 1. The molecule has 0 spiro atoms. The van der Waals surface area contributed by atoms with E-state index in [0.717, 1.165) is 25.7 Å². The minimum absolute atomic E-state index is 0. The van der Waals surface area contributed by atoms with Crippen LogP contribution in [0.5, 0.6) is 5.75 Å². The third kappa shape index (κ3) is 6.25. The van der Waals surface area contributed by atoms with Crippen LogP contribution in [-0.2, 0) is 20.8 Å². The second-order valence-electron chi connectivity index (χ2n) is 11.2. The zero-order valence-corrected chi connectivity index (χ0v) is 25.9. The molecule has 3 aliphatic carbocycles. The fraction of sp³-hybridized carbons (Fsp3) is 0.517. The van der Waals surface area contributed by atoms with E-state index in [1.165, 1.54) is 11.0 Å². The molecular weight excluding hydrogens is 603 g/mol. The molecule has 2 amide bonds. The number of ketones is 2. The number of unbranched alkanes of at least 4 members (excludes halogenated alkanes) is 3. The number of aromatic hydroxyl groups is 1. The van der Waals surface area contributed by atoms with Gasteiger partial charge in [-0.05, 0) is 57.5 Å². The Labute approximate surface area is 262 Å². The summed E-state index contributed by atoms with van der Waals surface area (Å²) < 4.78 is 0. The Bertz CT molecular complexity index is 1360. The van der Waals surface area contributed by atoms with Gasteiger partial charge in [0.05, 0.1) is 23.8 Å². The molecule has 43 heavy (non-hydrogen) atoms. The fourth-order valence-electron chi connectivity index (χ4n) is 6.40. The number of nitrogens with two attached hydrogens (primary N) is 1. The first-order valence-electron chi connectivity index (χ1n) is 13.9. The monoisotopic (exact) mass is 642 g/mol. The standard InChI is InChI=1S/C29H38N4O8.2ClH/c1-4-5-6-7-10-31-13-18(34)32-17-9-8-14-11-15-12-16-22(33(2)3)25(37)21(28(30)40)27(39)29(16,41)26(38)20(15)24(36)19(14)23(17)35;;/h8-9,15-16,22,31,35,37-38,41H,4-7,10-13H2,1-3H3,(H2,30,40)(H,32,34);2*1H/t15?,16?,22-,29?;;/m0../s1. The van der Waals surface area contributed by atoms with Crippen LogP contribution in [0.4, 0.5) is 5.69 Å². The smallest absolute Gasteiger partial charge is 0.255 e. The Morgan fingerprint density at radius 3 is 2.37 bits per heavy atom. The zero-order chi connectivity index (χ0) is 30.2. The number of aliphatic hydroxyl groups is 3. The summed E-state index contributed by atoms with van der Waals surface area (Å²) >= 11 is 0. The molecule has 0 radical (unpaired) electrons. The molecular formula is C29H40Cl2N4O8. The van der Waals surface area contributed by atoms with Crippen LogP contribution in [0.1, 0.15) is 54.9 Å². The molecule has 0 heterocycles. The number of aliphatic hydroxyl groups excluding tert-OH is 2. The number of halogens is 2. The van der Waals surface area contributed by atoms with E-state index in [1.807, 2.05) is 0 Å². The fourth-order valence-corrected chi connectivity index (χ4v) is 6.40. The maximum atomic E-state index is 13.7. The van der Waals surface area contributed by atoms with E-state index in [4.69, 9.17) is 5.73 Å². The Kier molecular flexibility index (Phi) is 11.8. The van der Waals surface area contributed by atoms with Crippen LogP contribution in [0, 0.1) is 11.8 Å². The van der Waals surface area contributed by atoms with Gasteiger partial charge in [0.2, 0.25) is 11.7 Å². The summed E-state index contributed by atoms with van der Waals surface area (Å²) in [7, 11) is 3.15. The van der Waals surface area contributed by atoms with Crippen LogP contribution in [-0.4, -0.2) is 87.5 Å². The molecule has 1 aromatic carbocycles. The molecule has 4 atom stereocenters. The summed E-state index contributed by atoms with van der Waals surface area (Å²) in [6.07, 6.45) is 4.40. The highest BCUT2D eigenvalue weighted by Gasteiger charge is 2.63. The molecule has 0 bridgehead atoms. The van der Waals surface area contributed by atoms with Gasteiger partial charge in [-0.1, -0.05) is 32.3 Å². The van der Waals surface area contributed by atoms with Crippen molar-refractivity contribution in [3.63, 3.8) is 0 Å². The van der Waals surface area contributed by atoms with Crippen molar-refractivity contribution in [2.75, 3.05) is 32.5 Å². The maximum absolute atomic E-state index is 13.7. The molecule has 0 aliphatic heterocycles. The number of amides is 2. The second-order valence-corrected chi connectivity index (χ2v) is 11.2. The number of hydrogen-bond donors (Lipinski definition) is 7. The number of carbonyl (C=O) groups is 4. The number of nitrogens with zero attached hydrogens (tertiary/aromatic N) is 1. The molecule has 0 saturated heterocycles. The largest absolute Gasteiger partial charge is 0.510 e. The van der Waals surface area contributed by atoms with Crippen LogP contribution in [0.15, 0.2) is 34.8 Å². The number of likely N-dealkylation sites (N-methyl/N-ethyl adjacent to an activating group) is 1. The molecule has 12 nitrogen and oxygen atoms in total. The Balaban J connectivity index is 0.00000323. The normalized spacial score (nSPS) is 24.4. The summed E-state index contributed by atoms with van der Waals surface area (Å²) in [5, 5.41) is 50.5. The number of nitrogens with one attached hydrogen (secondary N) is 2. The number of rotatable bonds is 10. The van der Waals surface area contributed by atoms with Gasteiger partial charge in [0.25, 0.3) is 5.91 Å². The van der Waals surface area contributed by atoms with Crippen LogP contribution >= 0.6 is 24.8 Å². The molecule has 14 heteroatoms. The maximum Gasteiger partial charge on any atom is 0.255 e. The number of anilines is 1. The molecule has 0 aromatic heterocycles. The topological polar surface area (TPSA) is 203 Å². The van der Waals surface area contributed by atoms with E-state index in [2.05, 4.69) is 17.6 Å². The van der Waals surface area contributed by atoms with Gasteiger partial charge >= 0.3 is 0 Å². The van der Waals surface area contributed by atoms with E-state index in [-0.39, 0.29) is 61.0 Å². The number of benzene rings is 1. The Morgan fingerprint density at radius 1 is 1.09 bits per heavy atom. The van der Waals surface area contributed by atoms with Crippen molar-refractivity contribution in [3.05, 3.63) is 45.9 Å². The summed E-state index contributed by atoms with van der Waals surface area (Å²) in [5.41, 5.74) is 1.86. The predicted molar refractivity (Wildman–Crippen MR) is 164 cm³/mol. The first-order valence-corrected chi connectivity index (χ1v) is 13.9. The molecule has 3 unspecified atom stereocenters. The van der Waals surface area contributed by atoms with Crippen molar-refractivity contribution in [3.8, 4) is 5.75 Å². The van der Waals surface area contributed by atoms with E-state index in [9.17, 15) is 39.6 Å². The summed E-state index contributed by atoms with van der Waals surface area (Å²) in [5.74, 6) is -7.58. The minimum atomic E-state index is -2.70. The van der Waals surface area contributed by atoms with Crippen molar-refractivity contribution < 1.29 is 39.6 Å². The number of carbonyl (C=O) groups excluding carboxylic acids is 4. The average molecular weight is 644 g/mol. The van der Waals surface area contributed by atoms with Crippen molar-refractivity contribution in [1.82, 2.24) is 10.2 Å². The van der Waals surface area contributed by atoms with Crippen molar-refractivity contribution in [1.29, 1.82) is 0 Å². The van der Waals surface area contributed by atoms with E-state index in [1.54, 1.807) is 20.2 Å². The van der Waals surface area contributed by atoms with Crippen molar-refractivity contribution in [2.24, 2.45) is 17.6 Å². The highest BCUT2D eigenvalue weighted by molar-refractivity contribution is 6.25. The van der Waals surface area contributed by atoms with Crippen LogP contribution in [0.3, 0.4) is 0 Å². The molecule has 4 rings (SSSR count). The molecule has 0 saturated carbocycles. The number of hydrogen-bond acceptors (Lipinski definition) is 10. The van der Waals surface area contributed by atoms with Crippen LogP contribution < -0.4 is 16.4 Å². The van der Waals surface area contributed by atoms with Crippen molar-refractivity contribution >= 4 is 53.9 Å². The van der Waals surface area contributed by atoms with Crippen LogP contribution in [0.2, 0.25) is 0 Å². The second kappa shape index (κ2) is 14.1. The van der Waals surface area contributed by atoms with E-state index < -0.39 is 69.7 Å². The summed E-state index contributed by atoms with van der Waals surface area (Å²) in [6, 6.07) is 2.05. The number of phenolic OH excluding ortho intramolecular Hbond substituents is 1. The predicted octanol–water partition coefficient (Wildman–Crippen LogP) is 2.07. The van der Waals surface area contributed by atoms with Gasteiger partial charge in [-0.3, -0.25) is 24.1 Å². The molecule has 1 aromatic rings. The van der Waals surface area contributed by atoms with Gasteiger partial charge in [-0.2, -0.15) is 0 Å². The van der Waals surface area contributed by atoms with Gasteiger partial charge in [0.1, 0.15) is 17.1 Å². The summed E-state index contributed by atoms with van der Waals surface area (Å²) in [4.78, 5) is 53.1. The highest BCUT2D eigenvalue weighted by Crippen LogP contribution is 2.52. The van der Waals surface area contributed by atoms with Gasteiger partial charge in [-0.25, -0.2) is 0 Å². The number of fused-ring (bicyclic) bond motifs is 3. The Hall–Kier alpha value is -3.16. The number of Topliss-reactive ketones (excluding diaryl/α,β-unsaturated/α-hetero) is 2. The molecule has 238 valence electrons. The van der Waals surface area contributed by atoms with Gasteiger partial charge < -0.3 is 36.8 Å². The lowest BCUT2D eigenvalue weighted by atomic mass is 9.58. The SMILES string of the molecule is CCCCCCNCC(=O)Nc1ccc2c(c1O)C(=O)C1=C(O)C3(O)C(=O)C(C(N)=O)=C(O)[C@@H](N(C)C)C3CC1C2.Cl.Cl. The lowest BCUT2D eigenvalue weighted by Gasteiger charge is -2.50. The highest BCUT2D eigenvalue weighted by atomic mass is 35.5. The van der Waals surface area contributed by atoms with Gasteiger partial charge in [0, 0.05) is 11.5 Å². The number of primary amides is 1. The lowest BCUT2D eigenvalue weighted by Crippen LogP contribution is -2.63. The Morgan fingerprint density at radius 2 is 1.77 bits per heavy atom. The molecule has 3 aliphatic rings. The summed E-state index contributed by atoms with van der Waals surface area (Å²) in [6.45, 7) is 2.79. The zero-order valence-electron chi connectivity index (χ0n) is 24.3. The first-order chi connectivity index (χ1) is 19.4. The van der Waals surface area contributed by atoms with Gasteiger partial charge in [0.15, 0.2) is 17.1 Å². The third-order valence-corrected chi connectivity index (χ3v) is 8.36. The van der Waals surface area contributed by atoms with E-state index in [0.29, 0.717) is 12.1 Å². The lowest BCUT2D eigenvalue weighted by molar-refractivity contribution is -0.148. The van der Waals surface area contributed by atoms with E-state index >= 15 is 0 Å². The van der Waals surface area contributed by atoms with Crippen LogP contribution in [0.25, 0.3) is 0 Å². The number of phenols is 1. The quantitative estimate of drug-likeness (QED) is 0.112. The molecule has 0 fully saturated rings. The van der Waals surface area contributed by atoms with Gasteiger partial charge in [-0.15, -0.1) is 24.8 Å². The first kappa shape index (κ1) is 36.0. The third-order valence-electron chi connectivity index (χ3n) is 8.36.